The zero-order valence-corrected chi connectivity index (χ0v) is 14.2. The number of aromatic nitrogens is 1. The smallest absolute Gasteiger partial charge is 0.265 e. The summed E-state index contributed by atoms with van der Waals surface area (Å²) in [7, 11) is 0. The summed E-state index contributed by atoms with van der Waals surface area (Å²) < 4.78 is 5.75. The van der Waals surface area contributed by atoms with Crippen molar-refractivity contribution >= 4 is 34.5 Å². The third kappa shape index (κ3) is 2.77. The van der Waals surface area contributed by atoms with Crippen LogP contribution < -0.4 is 10.1 Å². The molecule has 1 aliphatic rings. The minimum Gasteiger partial charge on any atom is -0.492 e. The SMILES string of the molecule is O=C(Nc1ccccc1Cl)c1cc2c(s1)-c1cnccc1OCC2. The van der Waals surface area contributed by atoms with Gasteiger partial charge in [0.25, 0.3) is 5.91 Å². The summed E-state index contributed by atoms with van der Waals surface area (Å²) in [6, 6.07) is 11.0. The second kappa shape index (κ2) is 6.26. The molecule has 4 nitrogen and oxygen atoms in total. The Bertz CT molecular complexity index is 923. The number of hydrogen-bond donors (Lipinski definition) is 1. The van der Waals surface area contributed by atoms with Crippen LogP contribution in [0.1, 0.15) is 15.2 Å². The standard InChI is InChI=1S/C18H13ClN2O2S/c19-13-3-1-2-4-14(13)21-18(22)16-9-11-6-8-23-15-5-7-20-10-12(15)17(11)24-16/h1-5,7,9-10H,6,8H2,(H,21,22). The number of anilines is 1. The van der Waals surface area contributed by atoms with Gasteiger partial charge in [-0.1, -0.05) is 23.7 Å². The molecule has 1 aliphatic heterocycles. The number of carbonyl (C=O) groups is 1. The van der Waals surface area contributed by atoms with E-state index in [-0.39, 0.29) is 5.91 Å². The lowest BCUT2D eigenvalue weighted by Crippen LogP contribution is -2.10. The zero-order chi connectivity index (χ0) is 16.5. The van der Waals surface area contributed by atoms with Gasteiger partial charge in [0.05, 0.1) is 27.8 Å². The average molecular weight is 357 g/mol. The van der Waals surface area contributed by atoms with Crippen molar-refractivity contribution < 1.29 is 9.53 Å². The molecule has 0 unspecified atom stereocenters. The monoisotopic (exact) mass is 356 g/mol. The highest BCUT2D eigenvalue weighted by Crippen LogP contribution is 2.40. The van der Waals surface area contributed by atoms with Crippen molar-refractivity contribution in [3.05, 3.63) is 64.3 Å². The van der Waals surface area contributed by atoms with Gasteiger partial charge in [0, 0.05) is 23.7 Å². The van der Waals surface area contributed by atoms with E-state index in [9.17, 15) is 4.79 Å². The maximum Gasteiger partial charge on any atom is 0.265 e. The molecule has 0 radical (unpaired) electrons. The van der Waals surface area contributed by atoms with Gasteiger partial charge >= 0.3 is 0 Å². The summed E-state index contributed by atoms with van der Waals surface area (Å²) in [4.78, 5) is 18.4. The van der Waals surface area contributed by atoms with Crippen LogP contribution in [0.3, 0.4) is 0 Å². The highest BCUT2D eigenvalue weighted by Gasteiger charge is 2.21. The molecule has 120 valence electrons. The van der Waals surface area contributed by atoms with Crippen LogP contribution >= 0.6 is 22.9 Å². The van der Waals surface area contributed by atoms with E-state index >= 15 is 0 Å². The van der Waals surface area contributed by atoms with E-state index in [1.807, 2.05) is 24.3 Å². The van der Waals surface area contributed by atoms with Crippen molar-refractivity contribution in [3.63, 3.8) is 0 Å². The number of nitrogens with one attached hydrogen (secondary N) is 1. The number of pyridine rings is 1. The van der Waals surface area contributed by atoms with Gasteiger partial charge in [-0.3, -0.25) is 9.78 Å². The fraction of sp³-hybridized carbons (Fsp3) is 0.111. The minimum atomic E-state index is -0.160. The van der Waals surface area contributed by atoms with E-state index in [1.54, 1.807) is 24.5 Å². The summed E-state index contributed by atoms with van der Waals surface area (Å²) in [5, 5.41) is 3.39. The van der Waals surface area contributed by atoms with Gasteiger partial charge in [0.15, 0.2) is 0 Å². The van der Waals surface area contributed by atoms with Gasteiger partial charge in [-0.15, -0.1) is 11.3 Å². The molecular formula is C18H13ClN2O2S. The molecule has 3 aromatic rings. The maximum atomic E-state index is 12.6. The van der Waals surface area contributed by atoms with Crippen LogP contribution in [0.4, 0.5) is 5.69 Å². The summed E-state index contributed by atoms with van der Waals surface area (Å²) in [5.41, 5.74) is 2.65. The van der Waals surface area contributed by atoms with Crippen molar-refractivity contribution in [3.8, 4) is 16.2 Å². The number of para-hydroxylation sites is 1. The van der Waals surface area contributed by atoms with Crippen LogP contribution in [-0.4, -0.2) is 17.5 Å². The number of hydrogen-bond acceptors (Lipinski definition) is 4. The number of amides is 1. The van der Waals surface area contributed by atoms with Crippen LogP contribution in [0.5, 0.6) is 5.75 Å². The Balaban J connectivity index is 1.68. The number of halogens is 1. The van der Waals surface area contributed by atoms with E-state index in [2.05, 4.69) is 10.3 Å². The van der Waals surface area contributed by atoms with Crippen molar-refractivity contribution in [1.82, 2.24) is 4.98 Å². The van der Waals surface area contributed by atoms with Crippen LogP contribution in [-0.2, 0) is 6.42 Å². The van der Waals surface area contributed by atoms with Gasteiger partial charge in [-0.25, -0.2) is 0 Å². The molecule has 4 rings (SSSR count). The summed E-state index contributed by atoms with van der Waals surface area (Å²) in [6.07, 6.45) is 4.26. The molecule has 0 saturated carbocycles. The van der Waals surface area contributed by atoms with Gasteiger partial charge < -0.3 is 10.1 Å². The van der Waals surface area contributed by atoms with Gasteiger partial charge in [0.1, 0.15) is 5.75 Å². The van der Waals surface area contributed by atoms with Crippen molar-refractivity contribution in [2.24, 2.45) is 0 Å². The second-order valence-electron chi connectivity index (χ2n) is 5.37. The molecule has 1 aromatic carbocycles. The van der Waals surface area contributed by atoms with Crippen molar-refractivity contribution in [1.29, 1.82) is 0 Å². The summed E-state index contributed by atoms with van der Waals surface area (Å²) in [6.45, 7) is 0.590. The fourth-order valence-corrected chi connectivity index (χ4v) is 3.95. The molecule has 0 atom stereocenters. The molecular weight excluding hydrogens is 344 g/mol. The minimum absolute atomic E-state index is 0.160. The van der Waals surface area contributed by atoms with Gasteiger partial charge in [-0.05, 0) is 29.8 Å². The molecule has 24 heavy (non-hydrogen) atoms. The normalized spacial score (nSPS) is 12.5. The summed E-state index contributed by atoms with van der Waals surface area (Å²) in [5.74, 6) is 0.649. The Morgan fingerprint density at radius 1 is 1.29 bits per heavy atom. The van der Waals surface area contributed by atoms with Crippen molar-refractivity contribution in [2.45, 2.75) is 6.42 Å². The third-order valence-corrected chi connectivity index (χ3v) is 5.35. The zero-order valence-electron chi connectivity index (χ0n) is 12.6. The first-order chi connectivity index (χ1) is 11.7. The number of rotatable bonds is 2. The Labute approximate surface area is 148 Å². The number of fused-ring (bicyclic) bond motifs is 3. The number of thiophene rings is 1. The predicted octanol–water partition coefficient (Wildman–Crippen LogP) is 4.65. The van der Waals surface area contributed by atoms with E-state index in [0.29, 0.717) is 22.2 Å². The van der Waals surface area contributed by atoms with Crippen LogP contribution in [0, 0.1) is 0 Å². The van der Waals surface area contributed by atoms with Crippen LogP contribution in [0.25, 0.3) is 10.4 Å². The van der Waals surface area contributed by atoms with Crippen LogP contribution in [0.2, 0.25) is 5.02 Å². The van der Waals surface area contributed by atoms with E-state index in [0.717, 1.165) is 28.2 Å². The lowest BCUT2D eigenvalue weighted by molar-refractivity contribution is 0.103. The highest BCUT2D eigenvalue weighted by molar-refractivity contribution is 7.17. The molecule has 1 amide bonds. The van der Waals surface area contributed by atoms with Gasteiger partial charge in [0.2, 0.25) is 0 Å². The largest absolute Gasteiger partial charge is 0.492 e. The predicted molar refractivity (Wildman–Crippen MR) is 96.2 cm³/mol. The molecule has 3 heterocycles. The first-order valence-corrected chi connectivity index (χ1v) is 8.67. The number of carbonyl (C=O) groups excluding carboxylic acids is 1. The molecule has 0 saturated heterocycles. The lowest BCUT2D eigenvalue weighted by Gasteiger charge is -2.06. The number of ether oxygens (including phenoxy) is 1. The first-order valence-electron chi connectivity index (χ1n) is 7.48. The van der Waals surface area contributed by atoms with Crippen molar-refractivity contribution in [2.75, 3.05) is 11.9 Å². The molecule has 0 bridgehead atoms. The Morgan fingerprint density at radius 3 is 3.04 bits per heavy atom. The molecule has 0 spiro atoms. The van der Waals surface area contributed by atoms with Crippen LogP contribution in [0.15, 0.2) is 48.8 Å². The highest BCUT2D eigenvalue weighted by atomic mass is 35.5. The topological polar surface area (TPSA) is 51.2 Å². The van der Waals surface area contributed by atoms with E-state index < -0.39 is 0 Å². The lowest BCUT2D eigenvalue weighted by atomic mass is 10.1. The third-order valence-electron chi connectivity index (χ3n) is 3.81. The maximum absolute atomic E-state index is 12.6. The second-order valence-corrected chi connectivity index (χ2v) is 6.83. The average Bonchev–Trinajstić information content (AvgIpc) is 2.94. The molecule has 2 aromatic heterocycles. The fourth-order valence-electron chi connectivity index (χ4n) is 2.65. The first kappa shape index (κ1) is 15.2. The Kier molecular flexibility index (Phi) is 3.96. The summed E-state index contributed by atoms with van der Waals surface area (Å²) >= 11 is 7.56. The molecule has 0 aliphatic carbocycles. The Hall–Kier alpha value is -2.37. The molecule has 0 fully saturated rings. The quantitative estimate of drug-likeness (QED) is 0.727. The Morgan fingerprint density at radius 2 is 2.17 bits per heavy atom. The van der Waals surface area contributed by atoms with E-state index in [4.69, 9.17) is 16.3 Å². The van der Waals surface area contributed by atoms with Gasteiger partial charge in [-0.2, -0.15) is 0 Å². The van der Waals surface area contributed by atoms with E-state index in [1.165, 1.54) is 11.3 Å². The molecule has 1 N–H and O–H groups in total. The number of nitrogens with zero attached hydrogens (tertiary/aromatic N) is 1. The molecule has 6 heteroatoms. The number of benzene rings is 1.